The van der Waals surface area contributed by atoms with Crippen LogP contribution >= 0.6 is 11.5 Å². The minimum Gasteiger partial charge on any atom is -0.367 e. The number of anilines is 1. The lowest BCUT2D eigenvalue weighted by molar-refractivity contribution is -0.0562. The molecule has 0 unspecified atom stereocenters. The molecular formula is C10H19N3OS. The number of aromatic nitrogens is 2. The molecule has 0 saturated heterocycles. The molecule has 0 spiro atoms. The second kappa shape index (κ2) is 5.42. The van der Waals surface area contributed by atoms with Gasteiger partial charge in [0.05, 0.1) is 0 Å². The molecule has 0 saturated carbocycles. The van der Waals surface area contributed by atoms with Crippen molar-refractivity contribution in [3.63, 3.8) is 0 Å². The van der Waals surface area contributed by atoms with E-state index in [9.17, 15) is 0 Å². The Hall–Kier alpha value is -0.680. The molecule has 0 radical (unpaired) electrons. The van der Waals surface area contributed by atoms with E-state index in [-0.39, 0.29) is 5.60 Å². The zero-order valence-corrected chi connectivity index (χ0v) is 10.6. The van der Waals surface area contributed by atoms with Crippen LogP contribution in [0, 0.1) is 0 Å². The molecule has 5 heteroatoms. The average molecular weight is 229 g/mol. The molecule has 0 fully saturated rings. The first-order valence-corrected chi connectivity index (χ1v) is 6.15. The van der Waals surface area contributed by atoms with E-state index in [1.807, 2.05) is 14.0 Å². The quantitative estimate of drug-likeness (QED) is 0.814. The molecule has 1 heterocycles. The van der Waals surface area contributed by atoms with Gasteiger partial charge < -0.3 is 10.1 Å². The van der Waals surface area contributed by atoms with Gasteiger partial charge in [0.2, 0.25) is 5.13 Å². The smallest absolute Gasteiger partial charge is 0.202 e. The van der Waals surface area contributed by atoms with Crippen LogP contribution in [0.2, 0.25) is 0 Å². The van der Waals surface area contributed by atoms with E-state index in [4.69, 9.17) is 4.74 Å². The van der Waals surface area contributed by atoms with Gasteiger partial charge in [0.25, 0.3) is 0 Å². The summed E-state index contributed by atoms with van der Waals surface area (Å²) >= 11 is 1.38. The standard InChI is InChI=1S/C10H19N3OS/c1-5-10(6-2,14-7-3)8-12-9(11-4)15-13-8/h5-7H2,1-4H3,(H,11,12,13). The first-order valence-electron chi connectivity index (χ1n) is 5.38. The van der Waals surface area contributed by atoms with Crippen LogP contribution in [0.4, 0.5) is 5.13 Å². The van der Waals surface area contributed by atoms with E-state index in [0.29, 0.717) is 6.61 Å². The second-order valence-corrected chi connectivity index (χ2v) is 4.06. The normalized spacial score (nSPS) is 11.7. The minimum absolute atomic E-state index is 0.305. The zero-order chi connectivity index (χ0) is 11.3. The molecule has 0 aliphatic rings. The van der Waals surface area contributed by atoms with Gasteiger partial charge in [-0.1, -0.05) is 13.8 Å². The van der Waals surface area contributed by atoms with E-state index in [2.05, 4.69) is 28.5 Å². The summed E-state index contributed by atoms with van der Waals surface area (Å²) < 4.78 is 10.2. The van der Waals surface area contributed by atoms with Gasteiger partial charge in [-0.05, 0) is 19.8 Å². The minimum atomic E-state index is -0.305. The Kier molecular flexibility index (Phi) is 4.47. The van der Waals surface area contributed by atoms with Gasteiger partial charge in [-0.2, -0.15) is 4.37 Å². The first-order chi connectivity index (χ1) is 7.22. The van der Waals surface area contributed by atoms with Gasteiger partial charge in [0.15, 0.2) is 5.82 Å². The number of nitrogens with one attached hydrogen (secondary N) is 1. The van der Waals surface area contributed by atoms with Gasteiger partial charge >= 0.3 is 0 Å². The molecule has 0 aliphatic heterocycles. The van der Waals surface area contributed by atoms with E-state index >= 15 is 0 Å². The Labute approximate surface area is 95.2 Å². The van der Waals surface area contributed by atoms with Crippen molar-refractivity contribution in [1.29, 1.82) is 0 Å². The van der Waals surface area contributed by atoms with Gasteiger partial charge in [-0.3, -0.25) is 0 Å². The van der Waals surface area contributed by atoms with Gasteiger partial charge in [-0.15, -0.1) is 0 Å². The summed E-state index contributed by atoms with van der Waals surface area (Å²) in [5, 5.41) is 3.84. The molecule has 0 amide bonds. The fraction of sp³-hybridized carbons (Fsp3) is 0.800. The third kappa shape index (κ3) is 2.46. The molecule has 1 rings (SSSR count). The SMILES string of the molecule is CCOC(CC)(CC)c1nsc(NC)n1. The number of ether oxygens (including phenoxy) is 1. The molecule has 86 valence electrons. The van der Waals surface area contributed by atoms with Gasteiger partial charge in [-0.25, -0.2) is 4.98 Å². The highest BCUT2D eigenvalue weighted by atomic mass is 32.1. The van der Waals surface area contributed by atoms with Gasteiger partial charge in [0.1, 0.15) is 5.60 Å². The maximum atomic E-state index is 5.83. The lowest BCUT2D eigenvalue weighted by atomic mass is 9.96. The number of nitrogens with zero attached hydrogens (tertiary/aromatic N) is 2. The summed E-state index contributed by atoms with van der Waals surface area (Å²) in [5.74, 6) is 0.809. The Bertz CT molecular complexity index is 297. The summed E-state index contributed by atoms with van der Waals surface area (Å²) in [5.41, 5.74) is -0.305. The third-order valence-corrected chi connectivity index (χ3v) is 3.34. The molecule has 4 nitrogen and oxygen atoms in total. The fourth-order valence-corrected chi connectivity index (χ4v) is 2.22. The summed E-state index contributed by atoms with van der Waals surface area (Å²) in [6.45, 7) is 6.92. The predicted molar refractivity (Wildman–Crippen MR) is 63.3 cm³/mol. The molecule has 0 bridgehead atoms. The van der Waals surface area contributed by atoms with E-state index in [1.54, 1.807) is 0 Å². The fourth-order valence-electron chi connectivity index (χ4n) is 1.62. The van der Waals surface area contributed by atoms with Crippen molar-refractivity contribution < 1.29 is 4.74 Å². The monoisotopic (exact) mass is 229 g/mol. The van der Waals surface area contributed by atoms with Crippen molar-refractivity contribution in [2.45, 2.75) is 39.2 Å². The second-order valence-electron chi connectivity index (χ2n) is 3.31. The third-order valence-electron chi connectivity index (χ3n) is 2.61. The summed E-state index contributed by atoms with van der Waals surface area (Å²) in [6.07, 6.45) is 1.80. The molecule has 0 aliphatic carbocycles. The van der Waals surface area contributed by atoms with Crippen LogP contribution < -0.4 is 5.32 Å². The van der Waals surface area contributed by atoms with Crippen molar-refractivity contribution in [2.24, 2.45) is 0 Å². The Morgan fingerprint density at radius 2 is 2.00 bits per heavy atom. The zero-order valence-electron chi connectivity index (χ0n) is 9.83. The van der Waals surface area contributed by atoms with Crippen molar-refractivity contribution in [2.75, 3.05) is 19.0 Å². The lowest BCUT2D eigenvalue weighted by Crippen LogP contribution is -2.29. The molecule has 1 aromatic heterocycles. The molecule has 1 aromatic rings. The first kappa shape index (κ1) is 12.4. The largest absolute Gasteiger partial charge is 0.367 e. The van der Waals surface area contributed by atoms with Crippen molar-refractivity contribution in [1.82, 2.24) is 9.36 Å². The maximum absolute atomic E-state index is 5.83. The Morgan fingerprint density at radius 3 is 2.40 bits per heavy atom. The molecule has 0 aromatic carbocycles. The molecule has 15 heavy (non-hydrogen) atoms. The van der Waals surface area contributed by atoms with Crippen LogP contribution in [0.1, 0.15) is 39.4 Å². The highest BCUT2D eigenvalue weighted by molar-refractivity contribution is 7.09. The highest BCUT2D eigenvalue weighted by Crippen LogP contribution is 2.32. The van der Waals surface area contributed by atoms with E-state index < -0.39 is 0 Å². The van der Waals surface area contributed by atoms with Crippen LogP contribution in [0.25, 0.3) is 0 Å². The van der Waals surface area contributed by atoms with Crippen LogP contribution in [0.15, 0.2) is 0 Å². The molecular weight excluding hydrogens is 210 g/mol. The summed E-state index contributed by atoms with van der Waals surface area (Å²) in [6, 6.07) is 0. The summed E-state index contributed by atoms with van der Waals surface area (Å²) in [4.78, 5) is 4.43. The van der Waals surface area contributed by atoms with Crippen molar-refractivity contribution >= 4 is 16.7 Å². The number of hydrogen-bond donors (Lipinski definition) is 1. The van der Waals surface area contributed by atoms with Crippen LogP contribution in [0.3, 0.4) is 0 Å². The Morgan fingerprint density at radius 1 is 1.33 bits per heavy atom. The highest BCUT2D eigenvalue weighted by Gasteiger charge is 2.33. The Balaban J connectivity index is 2.96. The average Bonchev–Trinajstić information content (AvgIpc) is 2.75. The number of rotatable bonds is 6. The molecule has 1 N–H and O–H groups in total. The summed E-state index contributed by atoms with van der Waals surface area (Å²) in [7, 11) is 1.85. The van der Waals surface area contributed by atoms with Gasteiger partial charge in [0, 0.05) is 25.2 Å². The topological polar surface area (TPSA) is 47.0 Å². The van der Waals surface area contributed by atoms with Crippen molar-refractivity contribution in [3.05, 3.63) is 5.82 Å². The number of hydrogen-bond acceptors (Lipinski definition) is 5. The van der Waals surface area contributed by atoms with E-state index in [0.717, 1.165) is 23.8 Å². The van der Waals surface area contributed by atoms with Crippen LogP contribution in [-0.2, 0) is 10.3 Å². The molecule has 0 atom stereocenters. The van der Waals surface area contributed by atoms with Crippen LogP contribution in [-0.4, -0.2) is 23.0 Å². The van der Waals surface area contributed by atoms with E-state index in [1.165, 1.54) is 11.5 Å². The maximum Gasteiger partial charge on any atom is 0.202 e. The predicted octanol–water partition coefficient (Wildman–Crippen LogP) is 2.63. The van der Waals surface area contributed by atoms with Crippen LogP contribution in [0.5, 0.6) is 0 Å². The van der Waals surface area contributed by atoms with Crippen molar-refractivity contribution in [3.8, 4) is 0 Å². The lowest BCUT2D eigenvalue weighted by Gasteiger charge is -2.28.